The minimum atomic E-state index is 0.882. The molecule has 0 radical (unpaired) electrons. The van der Waals surface area contributed by atoms with Gasteiger partial charge < -0.3 is 14.2 Å². The van der Waals surface area contributed by atoms with Crippen LogP contribution in [0.3, 0.4) is 0 Å². The standard InChI is InChI=1S/C55H38N2O/c1-2-17-38-18-4-10-31-51(38)56(34-13-1)52-32-11-8-25-45(52)39-20-14-22-42(35-39)57(53-37-41-19-3-5-24-44(41)47-26-6-7-27-48(47)53)43-23-15-21-40(36-43)46-29-16-30-50-49-28-9-12-33-54(49)58-55(46)50/h1-16,18-37H,17H2. The third kappa shape index (κ3) is 5.75. The van der Waals surface area contributed by atoms with Gasteiger partial charge in [0.2, 0.25) is 0 Å². The molecule has 11 rings (SSSR count). The second-order valence-corrected chi connectivity index (χ2v) is 14.9. The van der Waals surface area contributed by atoms with Gasteiger partial charge in [-0.25, -0.2) is 0 Å². The van der Waals surface area contributed by atoms with Crippen LogP contribution in [0.1, 0.15) is 5.56 Å². The zero-order valence-electron chi connectivity index (χ0n) is 31.8. The molecule has 58 heavy (non-hydrogen) atoms. The second-order valence-electron chi connectivity index (χ2n) is 14.9. The van der Waals surface area contributed by atoms with Crippen molar-refractivity contribution in [3.05, 3.63) is 224 Å². The summed E-state index contributed by atoms with van der Waals surface area (Å²) in [5.74, 6) is 0. The van der Waals surface area contributed by atoms with Crippen LogP contribution >= 0.6 is 0 Å². The normalized spacial score (nSPS) is 12.6. The van der Waals surface area contributed by atoms with Crippen LogP contribution in [0.25, 0.3) is 65.7 Å². The number of hydrogen-bond acceptors (Lipinski definition) is 3. The zero-order chi connectivity index (χ0) is 38.4. The molecule has 10 aromatic rings. The predicted molar refractivity (Wildman–Crippen MR) is 245 cm³/mol. The molecule has 3 nitrogen and oxygen atoms in total. The highest BCUT2D eigenvalue weighted by Crippen LogP contribution is 2.46. The van der Waals surface area contributed by atoms with Gasteiger partial charge in [-0.2, -0.15) is 0 Å². The fourth-order valence-corrected chi connectivity index (χ4v) is 8.79. The monoisotopic (exact) mass is 742 g/mol. The summed E-state index contributed by atoms with van der Waals surface area (Å²) in [6.45, 7) is 0. The number of hydrogen-bond donors (Lipinski definition) is 0. The number of furan rings is 1. The smallest absolute Gasteiger partial charge is 0.143 e. The highest BCUT2D eigenvalue weighted by Gasteiger charge is 2.21. The molecule has 0 amide bonds. The number of anilines is 5. The van der Waals surface area contributed by atoms with Crippen molar-refractivity contribution in [3.8, 4) is 22.3 Å². The van der Waals surface area contributed by atoms with Crippen LogP contribution in [0.5, 0.6) is 0 Å². The van der Waals surface area contributed by atoms with E-state index in [9.17, 15) is 0 Å². The van der Waals surface area contributed by atoms with Gasteiger partial charge in [0.05, 0.1) is 11.4 Å². The van der Waals surface area contributed by atoms with Gasteiger partial charge in [-0.05, 0) is 93.9 Å². The van der Waals surface area contributed by atoms with E-state index in [-0.39, 0.29) is 0 Å². The van der Waals surface area contributed by atoms with Gasteiger partial charge in [-0.1, -0.05) is 158 Å². The Bertz CT molecular complexity index is 3240. The van der Waals surface area contributed by atoms with Crippen LogP contribution in [0, 0.1) is 0 Å². The lowest BCUT2D eigenvalue weighted by Crippen LogP contribution is -2.13. The summed E-state index contributed by atoms with van der Waals surface area (Å²) in [7, 11) is 0. The van der Waals surface area contributed by atoms with Gasteiger partial charge in [0.15, 0.2) is 0 Å². The first-order valence-electron chi connectivity index (χ1n) is 19.9. The van der Waals surface area contributed by atoms with Crippen LogP contribution in [-0.4, -0.2) is 0 Å². The van der Waals surface area contributed by atoms with E-state index in [0.29, 0.717) is 0 Å². The molecule has 0 atom stereocenters. The fraction of sp³-hybridized carbons (Fsp3) is 0.0182. The highest BCUT2D eigenvalue weighted by atomic mass is 16.3. The third-order valence-electron chi connectivity index (χ3n) is 11.5. The van der Waals surface area contributed by atoms with Crippen molar-refractivity contribution in [1.29, 1.82) is 0 Å². The minimum Gasteiger partial charge on any atom is -0.455 e. The lowest BCUT2D eigenvalue weighted by Gasteiger charge is -2.29. The quantitative estimate of drug-likeness (QED) is 0.158. The molecule has 9 aromatic carbocycles. The minimum absolute atomic E-state index is 0.882. The summed E-state index contributed by atoms with van der Waals surface area (Å²) in [5.41, 5.74) is 13.1. The van der Waals surface area contributed by atoms with Crippen LogP contribution in [-0.2, 0) is 6.42 Å². The van der Waals surface area contributed by atoms with Crippen LogP contribution in [0.2, 0.25) is 0 Å². The molecular formula is C55H38N2O. The lowest BCUT2D eigenvalue weighted by molar-refractivity contribution is 0.670. The number of allylic oxidation sites excluding steroid dienone is 3. The van der Waals surface area contributed by atoms with Gasteiger partial charge in [0.1, 0.15) is 11.2 Å². The van der Waals surface area contributed by atoms with Crippen LogP contribution in [0.4, 0.5) is 28.4 Å². The number of para-hydroxylation sites is 4. The number of nitrogens with zero attached hydrogens (tertiary/aromatic N) is 2. The van der Waals surface area contributed by atoms with E-state index in [4.69, 9.17) is 4.42 Å². The molecule has 1 aromatic heterocycles. The van der Waals surface area contributed by atoms with Gasteiger partial charge in [0, 0.05) is 50.5 Å². The van der Waals surface area contributed by atoms with Crippen molar-refractivity contribution in [3.63, 3.8) is 0 Å². The van der Waals surface area contributed by atoms with Crippen molar-refractivity contribution in [2.24, 2.45) is 0 Å². The first-order valence-corrected chi connectivity index (χ1v) is 19.9. The number of fused-ring (bicyclic) bond motifs is 7. The molecule has 0 spiro atoms. The van der Waals surface area contributed by atoms with Gasteiger partial charge in [0.25, 0.3) is 0 Å². The Morgan fingerprint density at radius 3 is 1.91 bits per heavy atom. The Hall–Kier alpha value is -7.62. The summed E-state index contributed by atoms with van der Waals surface area (Å²) in [5, 5.41) is 7.10. The molecule has 0 unspecified atom stereocenters. The van der Waals surface area contributed by atoms with E-state index in [1.165, 1.54) is 32.8 Å². The number of benzene rings is 9. The van der Waals surface area contributed by atoms with Crippen molar-refractivity contribution in [2.75, 3.05) is 9.80 Å². The first kappa shape index (κ1) is 33.7. The van der Waals surface area contributed by atoms with Gasteiger partial charge >= 0.3 is 0 Å². The van der Waals surface area contributed by atoms with E-state index < -0.39 is 0 Å². The summed E-state index contributed by atoms with van der Waals surface area (Å²) in [6, 6.07) is 69.9. The molecule has 0 bridgehead atoms. The molecule has 0 N–H and O–H groups in total. The van der Waals surface area contributed by atoms with E-state index >= 15 is 0 Å². The van der Waals surface area contributed by atoms with E-state index in [2.05, 4.69) is 216 Å². The molecule has 1 aliphatic heterocycles. The van der Waals surface area contributed by atoms with Crippen molar-refractivity contribution >= 4 is 71.9 Å². The molecule has 2 heterocycles. The Morgan fingerprint density at radius 2 is 1.07 bits per heavy atom. The number of rotatable bonds is 6. The highest BCUT2D eigenvalue weighted by molar-refractivity contribution is 6.15. The Balaban J connectivity index is 1.12. The van der Waals surface area contributed by atoms with E-state index in [0.717, 1.165) is 73.4 Å². The first-order chi connectivity index (χ1) is 28.8. The molecule has 274 valence electrons. The Labute approximate surface area is 337 Å². The van der Waals surface area contributed by atoms with Crippen molar-refractivity contribution in [1.82, 2.24) is 0 Å². The van der Waals surface area contributed by atoms with E-state index in [1.807, 2.05) is 12.1 Å². The average Bonchev–Trinajstić information content (AvgIpc) is 3.66. The zero-order valence-corrected chi connectivity index (χ0v) is 31.8. The Kier molecular flexibility index (Phi) is 8.22. The van der Waals surface area contributed by atoms with Gasteiger partial charge in [-0.3, -0.25) is 0 Å². The molecule has 0 saturated carbocycles. The van der Waals surface area contributed by atoms with Crippen molar-refractivity contribution < 1.29 is 4.42 Å². The maximum Gasteiger partial charge on any atom is 0.143 e. The summed E-state index contributed by atoms with van der Waals surface area (Å²) in [6.07, 6.45) is 9.56. The average molecular weight is 743 g/mol. The predicted octanol–water partition coefficient (Wildman–Crippen LogP) is 15.5. The summed E-state index contributed by atoms with van der Waals surface area (Å²) in [4.78, 5) is 4.76. The SMILES string of the molecule is C1=CCc2ccccc2N(c2ccccc2-c2cccc(N(c3cccc(-c4cccc5c4oc4ccccc45)c3)c3cc4ccccc4c4ccccc34)c2)C=C1. The Morgan fingerprint density at radius 1 is 0.448 bits per heavy atom. The lowest BCUT2D eigenvalue weighted by atomic mass is 9.97. The molecule has 0 aliphatic carbocycles. The fourth-order valence-electron chi connectivity index (χ4n) is 8.79. The maximum absolute atomic E-state index is 6.55. The molecule has 1 aliphatic rings. The topological polar surface area (TPSA) is 19.6 Å². The second kappa shape index (κ2) is 14.1. The molecule has 3 heteroatoms. The molecular weight excluding hydrogens is 705 g/mol. The molecule has 0 saturated heterocycles. The third-order valence-corrected chi connectivity index (χ3v) is 11.5. The maximum atomic E-state index is 6.55. The van der Waals surface area contributed by atoms with Crippen molar-refractivity contribution in [2.45, 2.75) is 6.42 Å². The van der Waals surface area contributed by atoms with E-state index in [1.54, 1.807) is 0 Å². The molecule has 0 fully saturated rings. The summed E-state index contributed by atoms with van der Waals surface area (Å²) >= 11 is 0. The van der Waals surface area contributed by atoms with Gasteiger partial charge in [-0.15, -0.1) is 0 Å². The summed E-state index contributed by atoms with van der Waals surface area (Å²) < 4.78 is 6.55. The van der Waals surface area contributed by atoms with Crippen LogP contribution in [0.15, 0.2) is 223 Å². The van der Waals surface area contributed by atoms with Crippen LogP contribution < -0.4 is 9.80 Å². The largest absolute Gasteiger partial charge is 0.455 e.